The highest BCUT2D eigenvalue weighted by atomic mass is 16.2. The Bertz CT molecular complexity index is 916. The molecule has 0 aromatic heterocycles. The minimum atomic E-state index is -0.858. The van der Waals surface area contributed by atoms with Gasteiger partial charge < -0.3 is 9.80 Å². The molecule has 1 atom stereocenters. The summed E-state index contributed by atoms with van der Waals surface area (Å²) in [6.07, 6.45) is 3.05. The molecule has 0 saturated heterocycles. The van der Waals surface area contributed by atoms with E-state index in [0.717, 1.165) is 24.2 Å². The fraction of sp³-hybridized carbons (Fsp3) is 0.364. The Labute approximate surface area is 153 Å². The van der Waals surface area contributed by atoms with Crippen molar-refractivity contribution in [2.24, 2.45) is 5.41 Å². The number of nitrogens with zero attached hydrogens (tertiary/aromatic N) is 2. The molecule has 2 aromatic carbocycles. The Kier molecular flexibility index (Phi) is 3.27. The number of para-hydroxylation sites is 2. The summed E-state index contributed by atoms with van der Waals surface area (Å²) < 4.78 is 0. The van der Waals surface area contributed by atoms with Crippen molar-refractivity contribution < 1.29 is 9.59 Å². The van der Waals surface area contributed by atoms with Gasteiger partial charge in [-0.05, 0) is 55.9 Å². The highest BCUT2D eigenvalue weighted by Gasteiger charge is 2.61. The minimum absolute atomic E-state index is 0.00988. The van der Waals surface area contributed by atoms with Gasteiger partial charge in [0.15, 0.2) is 0 Å². The molecule has 26 heavy (non-hydrogen) atoms. The highest BCUT2D eigenvalue weighted by Crippen LogP contribution is 2.52. The molecule has 1 aliphatic carbocycles. The quantitative estimate of drug-likeness (QED) is 0.783. The molecule has 0 N–H and O–H groups in total. The molecule has 132 valence electrons. The third-order valence-corrected chi connectivity index (χ3v) is 6.13. The van der Waals surface area contributed by atoms with E-state index in [0.29, 0.717) is 19.4 Å². The summed E-state index contributed by atoms with van der Waals surface area (Å²) in [5, 5.41) is 0. The smallest absolute Gasteiger partial charge is 0.242 e. The second-order valence-electron chi connectivity index (χ2n) is 7.77. The maximum absolute atomic E-state index is 13.5. The summed E-state index contributed by atoms with van der Waals surface area (Å²) in [4.78, 5) is 30.6. The van der Waals surface area contributed by atoms with E-state index in [1.54, 1.807) is 0 Å². The zero-order chi connectivity index (χ0) is 17.9. The number of hydrogen-bond acceptors (Lipinski definition) is 2. The first-order valence-electron chi connectivity index (χ1n) is 9.43. The van der Waals surface area contributed by atoms with Gasteiger partial charge in [-0.15, -0.1) is 0 Å². The number of carbonyl (C=O) groups is 2. The van der Waals surface area contributed by atoms with Crippen LogP contribution in [0.25, 0.3) is 0 Å². The summed E-state index contributed by atoms with van der Waals surface area (Å²) in [6.45, 7) is 2.75. The van der Waals surface area contributed by atoms with E-state index in [4.69, 9.17) is 0 Å². The van der Waals surface area contributed by atoms with Crippen molar-refractivity contribution in [1.29, 1.82) is 0 Å². The lowest BCUT2D eigenvalue weighted by Crippen LogP contribution is -2.48. The number of amides is 2. The topological polar surface area (TPSA) is 40.6 Å². The summed E-state index contributed by atoms with van der Waals surface area (Å²) in [5.41, 5.74) is 3.49. The van der Waals surface area contributed by atoms with Crippen LogP contribution in [0.3, 0.4) is 0 Å². The van der Waals surface area contributed by atoms with E-state index < -0.39 is 5.41 Å². The van der Waals surface area contributed by atoms with Crippen LogP contribution in [0.5, 0.6) is 0 Å². The highest BCUT2D eigenvalue weighted by molar-refractivity contribution is 6.19. The Morgan fingerprint density at radius 1 is 0.923 bits per heavy atom. The first-order valence-corrected chi connectivity index (χ1v) is 9.43. The molecule has 2 aliphatic heterocycles. The van der Waals surface area contributed by atoms with Gasteiger partial charge in [0.2, 0.25) is 11.8 Å². The first-order chi connectivity index (χ1) is 12.6. The van der Waals surface area contributed by atoms with E-state index in [2.05, 4.69) is 19.1 Å². The maximum atomic E-state index is 13.5. The fourth-order valence-corrected chi connectivity index (χ4v) is 4.56. The Morgan fingerprint density at radius 2 is 1.58 bits per heavy atom. The summed E-state index contributed by atoms with van der Waals surface area (Å²) in [6, 6.07) is 16.2. The number of hydrogen-bond donors (Lipinski definition) is 0. The van der Waals surface area contributed by atoms with Crippen molar-refractivity contribution in [1.82, 2.24) is 0 Å². The van der Waals surface area contributed by atoms with Crippen molar-refractivity contribution >= 4 is 23.2 Å². The van der Waals surface area contributed by atoms with Crippen LogP contribution in [0.2, 0.25) is 0 Å². The zero-order valence-electron chi connectivity index (χ0n) is 14.9. The summed E-state index contributed by atoms with van der Waals surface area (Å²) >= 11 is 0. The SMILES string of the molecule is CC1Cc2ccccc2N1C(=O)C1(C(=O)N2CCc3ccccc32)CC1. The Morgan fingerprint density at radius 3 is 2.31 bits per heavy atom. The largest absolute Gasteiger partial charge is 0.311 e. The average molecular weight is 346 g/mol. The number of anilines is 2. The third kappa shape index (κ3) is 2.08. The van der Waals surface area contributed by atoms with E-state index in [-0.39, 0.29) is 17.9 Å². The second kappa shape index (κ2) is 5.44. The van der Waals surface area contributed by atoms with E-state index in [9.17, 15) is 9.59 Å². The number of benzene rings is 2. The van der Waals surface area contributed by atoms with Gasteiger partial charge in [-0.3, -0.25) is 9.59 Å². The van der Waals surface area contributed by atoms with Gasteiger partial charge in [0.05, 0.1) is 0 Å². The maximum Gasteiger partial charge on any atom is 0.242 e. The van der Waals surface area contributed by atoms with Crippen LogP contribution in [-0.4, -0.2) is 24.4 Å². The molecule has 0 bridgehead atoms. The van der Waals surface area contributed by atoms with Gasteiger partial charge >= 0.3 is 0 Å². The molecule has 1 saturated carbocycles. The predicted octanol–water partition coefficient (Wildman–Crippen LogP) is 3.33. The van der Waals surface area contributed by atoms with Crippen LogP contribution in [0.4, 0.5) is 11.4 Å². The minimum Gasteiger partial charge on any atom is -0.311 e. The Balaban J connectivity index is 1.47. The predicted molar refractivity (Wildman–Crippen MR) is 101 cm³/mol. The molecule has 2 heterocycles. The van der Waals surface area contributed by atoms with Crippen LogP contribution in [0.1, 0.15) is 30.9 Å². The van der Waals surface area contributed by atoms with Crippen LogP contribution in [-0.2, 0) is 22.4 Å². The molecule has 3 aliphatic rings. The molecule has 0 spiro atoms. The van der Waals surface area contributed by atoms with Crippen LogP contribution in [0, 0.1) is 5.41 Å². The number of carbonyl (C=O) groups excluding carboxylic acids is 2. The molecule has 2 amide bonds. The molecule has 4 heteroatoms. The fourth-order valence-electron chi connectivity index (χ4n) is 4.56. The summed E-state index contributed by atoms with van der Waals surface area (Å²) in [5.74, 6) is -0.0200. The van der Waals surface area contributed by atoms with Gasteiger partial charge in [-0.25, -0.2) is 0 Å². The van der Waals surface area contributed by atoms with Crippen LogP contribution < -0.4 is 9.80 Å². The average Bonchev–Trinajstić information content (AvgIpc) is 3.25. The second-order valence-corrected chi connectivity index (χ2v) is 7.77. The van der Waals surface area contributed by atoms with Crippen molar-refractivity contribution in [3.8, 4) is 0 Å². The van der Waals surface area contributed by atoms with E-state index in [1.165, 1.54) is 11.1 Å². The molecule has 1 fully saturated rings. The third-order valence-electron chi connectivity index (χ3n) is 6.13. The zero-order valence-corrected chi connectivity index (χ0v) is 14.9. The lowest BCUT2D eigenvalue weighted by molar-refractivity contribution is -0.134. The van der Waals surface area contributed by atoms with Gasteiger partial charge in [-0.1, -0.05) is 36.4 Å². The van der Waals surface area contributed by atoms with Crippen molar-refractivity contribution in [3.63, 3.8) is 0 Å². The molecular weight excluding hydrogens is 324 g/mol. The Hall–Kier alpha value is -2.62. The van der Waals surface area contributed by atoms with Gasteiger partial charge in [-0.2, -0.15) is 0 Å². The first kappa shape index (κ1) is 15.6. The van der Waals surface area contributed by atoms with Gasteiger partial charge in [0, 0.05) is 24.0 Å². The van der Waals surface area contributed by atoms with Crippen molar-refractivity contribution in [2.75, 3.05) is 16.3 Å². The van der Waals surface area contributed by atoms with E-state index in [1.807, 2.05) is 46.2 Å². The van der Waals surface area contributed by atoms with Crippen LogP contribution in [0.15, 0.2) is 48.5 Å². The monoisotopic (exact) mass is 346 g/mol. The van der Waals surface area contributed by atoms with E-state index >= 15 is 0 Å². The molecule has 0 radical (unpaired) electrons. The molecule has 2 aromatic rings. The molecule has 1 unspecified atom stereocenters. The normalized spacial score (nSPS) is 22.1. The number of fused-ring (bicyclic) bond motifs is 2. The summed E-state index contributed by atoms with van der Waals surface area (Å²) in [7, 11) is 0. The molecular formula is C22H22N2O2. The van der Waals surface area contributed by atoms with Crippen molar-refractivity contribution in [2.45, 2.75) is 38.6 Å². The molecule has 5 rings (SSSR count). The number of rotatable bonds is 2. The molecule has 4 nitrogen and oxygen atoms in total. The lowest BCUT2D eigenvalue weighted by atomic mass is 10.0. The lowest BCUT2D eigenvalue weighted by Gasteiger charge is -2.30. The van der Waals surface area contributed by atoms with Crippen LogP contribution >= 0.6 is 0 Å². The van der Waals surface area contributed by atoms with Gasteiger partial charge in [0.25, 0.3) is 0 Å². The van der Waals surface area contributed by atoms with Gasteiger partial charge in [0.1, 0.15) is 5.41 Å². The van der Waals surface area contributed by atoms with Crippen molar-refractivity contribution in [3.05, 3.63) is 59.7 Å². The standard InChI is InChI=1S/C22H22N2O2/c1-15-14-17-7-3-5-9-19(17)24(15)21(26)22(11-12-22)20(25)23-13-10-16-6-2-4-8-18(16)23/h2-9,15H,10-14H2,1H3.